The molecule has 0 bridgehead atoms. The van der Waals surface area contributed by atoms with E-state index in [1.165, 1.54) is 19.8 Å². The normalized spacial score (nSPS) is 15.0. The smallest absolute Gasteiger partial charge is 0.374 e. The van der Waals surface area contributed by atoms with E-state index in [4.69, 9.17) is 17.2 Å². The molecule has 3 fully saturated rings. The minimum atomic E-state index is -0.891. The quantitative estimate of drug-likeness (QED) is 0.145. The summed E-state index contributed by atoms with van der Waals surface area (Å²) < 4.78 is 7.22. The van der Waals surface area contributed by atoms with Gasteiger partial charge in [-0.2, -0.15) is 0 Å². The van der Waals surface area contributed by atoms with E-state index in [-0.39, 0.29) is 59.1 Å². The summed E-state index contributed by atoms with van der Waals surface area (Å²) in [5.41, 5.74) is 12.7. The van der Waals surface area contributed by atoms with Crippen molar-refractivity contribution >= 4 is 28.8 Å². The van der Waals surface area contributed by atoms with Crippen LogP contribution in [0, 0.1) is 15.0 Å². The van der Waals surface area contributed by atoms with Gasteiger partial charge in [-0.05, 0) is 63.0 Å². The summed E-state index contributed by atoms with van der Waals surface area (Å²) >= 11 is 0. The highest BCUT2D eigenvalue weighted by atomic mass is 16.6. The second-order valence-electron chi connectivity index (χ2n) is 12.4. The average molecular weight is 702 g/mol. The van der Waals surface area contributed by atoms with Crippen molar-refractivity contribution in [1.82, 2.24) is 27.4 Å². The van der Waals surface area contributed by atoms with Crippen LogP contribution in [0.3, 0.4) is 0 Å². The monoisotopic (exact) mass is 701 g/mol. The Morgan fingerprint density at radius 3 is 1.50 bits per heavy atom. The fraction of sp³-hybridized carbons (Fsp3) is 0.600. The summed E-state index contributed by atoms with van der Waals surface area (Å²) in [7, 11) is 0. The predicted molar refractivity (Wildman–Crippen MR) is 186 cm³/mol. The number of nitro groups is 1. The minimum absolute atomic E-state index is 0.0980. The number of hydrogen-bond acceptors (Lipinski definition) is 13. The number of nitrogens with two attached hydrogens (primary N) is 3. The van der Waals surface area contributed by atoms with Gasteiger partial charge in [0.25, 0.3) is 11.1 Å². The van der Waals surface area contributed by atoms with Crippen LogP contribution in [-0.2, 0) is 19.6 Å². The van der Waals surface area contributed by atoms with Gasteiger partial charge in [0.05, 0.1) is 4.92 Å². The van der Waals surface area contributed by atoms with Crippen LogP contribution >= 0.6 is 0 Å². The van der Waals surface area contributed by atoms with Gasteiger partial charge in [0.1, 0.15) is 11.6 Å². The molecule has 3 heterocycles. The zero-order valence-corrected chi connectivity index (χ0v) is 28.3. The number of nitrogens with zero attached hydrogens (tertiary/aromatic N) is 8. The van der Waals surface area contributed by atoms with Gasteiger partial charge in [0.2, 0.25) is 5.69 Å². The maximum Gasteiger partial charge on any atom is 0.374 e. The van der Waals surface area contributed by atoms with Gasteiger partial charge in [-0.3, -0.25) is 51.9 Å². The number of rotatable bonds is 11. The molecule has 6 N–H and O–H groups in total. The maximum atomic E-state index is 12.1. The molecule has 3 aliphatic carbocycles. The zero-order chi connectivity index (χ0) is 37.0. The number of hydrogen-bond donors (Lipinski definition) is 3. The molecular weight excluding hydrogens is 658 g/mol. The van der Waals surface area contributed by atoms with Crippen LogP contribution in [0.5, 0.6) is 0 Å². The molecule has 0 atom stereocenters. The van der Waals surface area contributed by atoms with Crippen LogP contribution in [-0.4, -0.2) is 32.3 Å². The third-order valence-electron chi connectivity index (χ3n) is 8.39. The summed E-state index contributed by atoms with van der Waals surface area (Å²) in [6.07, 6.45) is 6.91. The first-order chi connectivity index (χ1) is 23.7. The van der Waals surface area contributed by atoms with Gasteiger partial charge in [-0.25, -0.2) is 14.4 Å². The summed E-state index contributed by atoms with van der Waals surface area (Å²) in [5.74, 6) is -0.216. The lowest BCUT2D eigenvalue weighted by molar-refractivity contribution is -0.386. The SMILES string of the molecule is CCCn1c(N)c(N=O)c(=O)n(C2CC2)c1=O.CCCn1c(N)c([N+](=O)[O-])c(=O)n(C2CC2)c1=O.CCCn1c(N)cc(=O)n(C2CC2)c1=O. The lowest BCUT2D eigenvalue weighted by Crippen LogP contribution is -2.41. The summed E-state index contributed by atoms with van der Waals surface area (Å²) in [6.45, 7) is 6.88. The third-order valence-corrected chi connectivity index (χ3v) is 8.39. The molecule has 6 rings (SSSR count). The maximum absolute atomic E-state index is 12.1. The largest absolute Gasteiger partial charge is 0.385 e. The van der Waals surface area contributed by atoms with Crippen LogP contribution in [0.2, 0.25) is 0 Å². The number of anilines is 3. The Morgan fingerprint density at radius 2 is 1.08 bits per heavy atom. The lowest BCUT2D eigenvalue weighted by atomic mass is 10.4. The van der Waals surface area contributed by atoms with Gasteiger partial charge < -0.3 is 17.2 Å². The molecule has 0 amide bonds. The van der Waals surface area contributed by atoms with Crippen molar-refractivity contribution in [2.24, 2.45) is 5.18 Å². The minimum Gasteiger partial charge on any atom is -0.385 e. The van der Waals surface area contributed by atoms with Crippen molar-refractivity contribution in [3.63, 3.8) is 0 Å². The standard InChI is InChI=1S/C10H14N4O4.C10H14N4O3.C10H15N3O2/c1-2-5-12-8(11)7(14(17)18)9(15)13(10(12)16)6-3-4-6;1-2-5-13-8(11)7(12-17)9(15)14(10(13)16)6-3-4-6;1-2-5-12-8(11)6-9(14)13(10(12)15)7-3-4-7/h6H,2-5,11H2,1H3;6H,2-5,11H2,1H3;6-7H,2-5,11H2,1H3. The van der Waals surface area contributed by atoms with E-state index in [1.807, 2.05) is 20.8 Å². The van der Waals surface area contributed by atoms with Crippen molar-refractivity contribution in [2.75, 3.05) is 17.2 Å². The summed E-state index contributed by atoms with van der Waals surface area (Å²) in [5, 5.41) is 13.6. The van der Waals surface area contributed by atoms with Crippen LogP contribution in [0.15, 0.2) is 40.0 Å². The Labute approximate surface area is 283 Å². The fourth-order valence-corrected chi connectivity index (χ4v) is 5.52. The molecule has 20 nitrogen and oxygen atoms in total. The first-order valence-corrected chi connectivity index (χ1v) is 16.6. The Balaban J connectivity index is 0.000000169. The number of nitrogen functional groups attached to an aromatic ring is 3. The molecule has 0 saturated heterocycles. The zero-order valence-electron chi connectivity index (χ0n) is 28.3. The second kappa shape index (κ2) is 15.3. The average Bonchev–Trinajstić information content (AvgIpc) is 3.88. The van der Waals surface area contributed by atoms with Gasteiger partial charge in [-0.15, -0.1) is 4.91 Å². The highest BCUT2D eigenvalue weighted by Crippen LogP contribution is 2.34. The van der Waals surface area contributed by atoms with E-state index in [0.29, 0.717) is 38.8 Å². The van der Waals surface area contributed by atoms with Gasteiger partial charge >= 0.3 is 28.3 Å². The summed E-state index contributed by atoms with van der Waals surface area (Å²) in [6, 6.07) is 1.13. The van der Waals surface area contributed by atoms with Crippen LogP contribution in [0.1, 0.15) is 96.7 Å². The molecule has 50 heavy (non-hydrogen) atoms. The molecular formula is C30H43N11O9. The van der Waals surface area contributed by atoms with Gasteiger partial charge in [0.15, 0.2) is 5.82 Å². The lowest BCUT2D eigenvalue weighted by Gasteiger charge is -2.12. The molecule has 20 heteroatoms. The van der Waals surface area contributed by atoms with Crippen molar-refractivity contribution in [3.8, 4) is 0 Å². The van der Waals surface area contributed by atoms with E-state index in [9.17, 15) is 43.8 Å². The van der Waals surface area contributed by atoms with Crippen molar-refractivity contribution in [3.05, 3.63) is 83.6 Å². The van der Waals surface area contributed by atoms with E-state index < -0.39 is 33.1 Å². The molecule has 3 aromatic rings. The third kappa shape index (κ3) is 7.52. The second-order valence-corrected chi connectivity index (χ2v) is 12.4. The Hall–Kier alpha value is -5.56. The van der Waals surface area contributed by atoms with E-state index in [0.717, 1.165) is 45.8 Å². The van der Waals surface area contributed by atoms with Gasteiger partial charge in [-0.1, -0.05) is 20.8 Å². The topological polar surface area (TPSA) is 283 Å². The summed E-state index contributed by atoms with van der Waals surface area (Å²) in [4.78, 5) is 92.1. The van der Waals surface area contributed by atoms with E-state index in [1.54, 1.807) is 0 Å². The molecule has 3 aliphatic rings. The molecule has 272 valence electrons. The molecule has 0 spiro atoms. The molecule has 0 unspecified atom stereocenters. The Morgan fingerprint density at radius 1 is 0.680 bits per heavy atom. The van der Waals surface area contributed by atoms with E-state index in [2.05, 4.69) is 5.18 Å². The highest BCUT2D eigenvalue weighted by Gasteiger charge is 2.34. The highest BCUT2D eigenvalue weighted by molar-refractivity contribution is 5.56. The Kier molecular flexibility index (Phi) is 11.4. The van der Waals surface area contributed by atoms with E-state index >= 15 is 0 Å². The number of nitroso groups, excluding NO2 is 1. The Bertz CT molecular complexity index is 2140. The first-order valence-electron chi connectivity index (χ1n) is 16.6. The van der Waals surface area contributed by atoms with Gasteiger partial charge in [0, 0.05) is 43.8 Å². The van der Waals surface area contributed by atoms with Crippen LogP contribution < -0.4 is 50.9 Å². The number of aromatic nitrogens is 6. The van der Waals surface area contributed by atoms with Crippen molar-refractivity contribution in [1.29, 1.82) is 0 Å². The fourth-order valence-electron chi connectivity index (χ4n) is 5.52. The molecule has 3 saturated carbocycles. The molecule has 0 aromatic carbocycles. The molecule has 3 aromatic heterocycles. The van der Waals surface area contributed by atoms with Crippen LogP contribution in [0.4, 0.5) is 28.8 Å². The predicted octanol–water partition coefficient (Wildman–Crippen LogP) is 1.32. The molecule has 0 aliphatic heterocycles. The molecule has 0 radical (unpaired) electrons. The van der Waals surface area contributed by atoms with Crippen LogP contribution in [0.25, 0.3) is 0 Å². The van der Waals surface area contributed by atoms with Crippen molar-refractivity contribution < 1.29 is 4.92 Å². The van der Waals surface area contributed by atoms with Crippen molar-refractivity contribution in [2.45, 2.75) is 116 Å². The first kappa shape index (κ1) is 37.3.